The number of nitrogens with two attached hydrogens (primary N) is 1. The van der Waals surface area contributed by atoms with Crippen LogP contribution in [0.2, 0.25) is 0 Å². The summed E-state index contributed by atoms with van der Waals surface area (Å²) in [6.45, 7) is 1.22. The van der Waals surface area contributed by atoms with Crippen molar-refractivity contribution in [1.82, 2.24) is 8.87 Å². The monoisotopic (exact) mass is 390 g/mol. The van der Waals surface area contributed by atoms with E-state index in [0.717, 1.165) is 0 Å². The summed E-state index contributed by atoms with van der Waals surface area (Å²) in [5.41, 5.74) is 6.30. The van der Waals surface area contributed by atoms with E-state index in [1.54, 1.807) is 12.1 Å². The number of sulfonamides is 1. The number of anilines is 1. The molecule has 0 spiro atoms. The number of nitriles is 1. The highest BCUT2D eigenvalue weighted by molar-refractivity contribution is 7.89. The molecule has 0 amide bonds. The van der Waals surface area contributed by atoms with E-state index in [9.17, 15) is 18.5 Å². The summed E-state index contributed by atoms with van der Waals surface area (Å²) in [7, 11) is -2.51. The highest BCUT2D eigenvalue weighted by atomic mass is 32.2. The van der Waals surface area contributed by atoms with Gasteiger partial charge in [0.05, 0.1) is 36.5 Å². The van der Waals surface area contributed by atoms with Gasteiger partial charge in [0.1, 0.15) is 6.07 Å². The second-order valence-corrected chi connectivity index (χ2v) is 7.73. The second-order valence-electron chi connectivity index (χ2n) is 5.79. The third kappa shape index (κ3) is 3.40. The molecule has 0 aliphatic carbocycles. The smallest absolute Gasteiger partial charge is 0.357 e. The van der Waals surface area contributed by atoms with Crippen molar-refractivity contribution in [2.45, 2.75) is 4.90 Å². The molecule has 0 radical (unpaired) electrons. The Morgan fingerprint density at radius 3 is 2.67 bits per heavy atom. The molecular weight excluding hydrogens is 372 g/mol. The number of aromatic nitrogens is 1. The molecule has 1 aromatic carbocycles. The van der Waals surface area contributed by atoms with Gasteiger partial charge in [0.2, 0.25) is 10.0 Å². The van der Waals surface area contributed by atoms with Crippen LogP contribution in [-0.4, -0.2) is 56.7 Å². The third-order valence-electron chi connectivity index (χ3n) is 4.25. The van der Waals surface area contributed by atoms with Crippen LogP contribution < -0.4 is 5.73 Å². The largest absolute Gasteiger partial charge is 0.464 e. The van der Waals surface area contributed by atoms with Crippen molar-refractivity contribution < 1.29 is 22.7 Å². The SMILES string of the molecule is COC(=O)c1c(N)c(C#N)cn1-c1cccc(S(=O)(=O)N2CCOCC2)c1. The van der Waals surface area contributed by atoms with E-state index < -0.39 is 16.0 Å². The maximum Gasteiger partial charge on any atom is 0.357 e. The van der Waals surface area contributed by atoms with Crippen molar-refractivity contribution >= 4 is 21.7 Å². The molecule has 0 unspecified atom stereocenters. The van der Waals surface area contributed by atoms with E-state index >= 15 is 0 Å². The van der Waals surface area contributed by atoms with Gasteiger partial charge in [-0.2, -0.15) is 9.57 Å². The molecule has 0 bridgehead atoms. The number of nitrogens with zero attached hydrogens (tertiary/aromatic N) is 3. The lowest BCUT2D eigenvalue weighted by Crippen LogP contribution is -2.40. The fraction of sp³-hybridized carbons (Fsp3) is 0.294. The molecule has 10 heteroatoms. The van der Waals surface area contributed by atoms with E-state index in [4.69, 9.17) is 15.2 Å². The van der Waals surface area contributed by atoms with Crippen LogP contribution in [0.5, 0.6) is 0 Å². The van der Waals surface area contributed by atoms with Gasteiger partial charge in [-0.15, -0.1) is 0 Å². The Hall–Kier alpha value is -2.87. The van der Waals surface area contributed by atoms with Crippen molar-refractivity contribution in [3.63, 3.8) is 0 Å². The number of carbonyl (C=O) groups excluding carboxylic acids is 1. The summed E-state index contributed by atoms with van der Waals surface area (Å²) < 4.78 is 38.4. The molecule has 1 saturated heterocycles. The fourth-order valence-electron chi connectivity index (χ4n) is 2.85. The van der Waals surface area contributed by atoms with Crippen molar-refractivity contribution in [2.75, 3.05) is 39.1 Å². The molecule has 142 valence electrons. The van der Waals surface area contributed by atoms with Crippen LogP contribution in [0.1, 0.15) is 16.1 Å². The van der Waals surface area contributed by atoms with Gasteiger partial charge in [-0.3, -0.25) is 0 Å². The Bertz CT molecular complexity index is 1020. The topological polar surface area (TPSA) is 128 Å². The average molecular weight is 390 g/mol. The van der Waals surface area contributed by atoms with Crippen molar-refractivity contribution in [3.05, 3.63) is 41.7 Å². The number of ether oxygens (including phenoxy) is 2. The first-order valence-corrected chi connectivity index (χ1v) is 9.51. The Morgan fingerprint density at radius 2 is 2.04 bits per heavy atom. The summed E-state index contributed by atoms with van der Waals surface area (Å²) >= 11 is 0. The average Bonchev–Trinajstić information content (AvgIpc) is 3.04. The van der Waals surface area contributed by atoms with Crippen LogP contribution in [0.25, 0.3) is 5.69 Å². The molecule has 2 N–H and O–H groups in total. The Kier molecular flexibility index (Phi) is 5.18. The zero-order chi connectivity index (χ0) is 19.6. The van der Waals surface area contributed by atoms with E-state index in [2.05, 4.69) is 0 Å². The second kappa shape index (κ2) is 7.40. The minimum Gasteiger partial charge on any atom is -0.464 e. The van der Waals surface area contributed by atoms with E-state index in [1.165, 1.54) is 34.3 Å². The number of carbonyl (C=O) groups is 1. The van der Waals surface area contributed by atoms with E-state index in [0.29, 0.717) is 18.9 Å². The van der Waals surface area contributed by atoms with Crippen LogP contribution in [0.15, 0.2) is 35.4 Å². The van der Waals surface area contributed by atoms with Crippen molar-refractivity contribution in [2.24, 2.45) is 0 Å². The van der Waals surface area contributed by atoms with Crippen LogP contribution >= 0.6 is 0 Å². The number of methoxy groups -OCH3 is 1. The first-order chi connectivity index (χ1) is 12.9. The van der Waals surface area contributed by atoms with Crippen molar-refractivity contribution in [1.29, 1.82) is 5.26 Å². The van der Waals surface area contributed by atoms with Crippen LogP contribution in [0.3, 0.4) is 0 Å². The van der Waals surface area contributed by atoms with Gasteiger partial charge < -0.3 is 19.8 Å². The van der Waals surface area contributed by atoms with Gasteiger partial charge in [0, 0.05) is 25.0 Å². The molecule has 3 rings (SSSR count). The number of rotatable bonds is 4. The highest BCUT2D eigenvalue weighted by Crippen LogP contribution is 2.27. The molecule has 2 heterocycles. The highest BCUT2D eigenvalue weighted by Gasteiger charge is 2.27. The van der Waals surface area contributed by atoms with Crippen LogP contribution in [0.4, 0.5) is 5.69 Å². The van der Waals surface area contributed by atoms with Gasteiger partial charge in [-0.05, 0) is 18.2 Å². The van der Waals surface area contributed by atoms with Crippen LogP contribution in [-0.2, 0) is 19.5 Å². The zero-order valence-electron chi connectivity index (χ0n) is 14.6. The number of hydrogen-bond acceptors (Lipinski definition) is 7. The normalized spacial score (nSPS) is 15.3. The van der Waals surface area contributed by atoms with Gasteiger partial charge in [0.15, 0.2) is 5.69 Å². The summed E-state index contributed by atoms with van der Waals surface area (Å²) in [5.74, 6) is -0.726. The predicted molar refractivity (Wildman–Crippen MR) is 95.8 cm³/mol. The summed E-state index contributed by atoms with van der Waals surface area (Å²) in [6, 6.07) is 7.99. The number of morpholine rings is 1. The lowest BCUT2D eigenvalue weighted by atomic mass is 10.2. The van der Waals surface area contributed by atoms with Gasteiger partial charge >= 0.3 is 5.97 Å². The maximum absolute atomic E-state index is 12.9. The van der Waals surface area contributed by atoms with Crippen LogP contribution in [0, 0.1) is 11.3 Å². The number of hydrogen-bond donors (Lipinski definition) is 1. The Balaban J connectivity index is 2.09. The minimum absolute atomic E-state index is 0.0224. The zero-order valence-corrected chi connectivity index (χ0v) is 15.4. The number of esters is 1. The Labute approximate surface area is 156 Å². The molecule has 2 aromatic rings. The first kappa shape index (κ1) is 18.9. The lowest BCUT2D eigenvalue weighted by molar-refractivity contribution is 0.0593. The lowest BCUT2D eigenvalue weighted by Gasteiger charge is -2.26. The summed E-state index contributed by atoms with van der Waals surface area (Å²) in [6.07, 6.45) is 1.38. The first-order valence-electron chi connectivity index (χ1n) is 8.07. The molecular formula is C17H18N4O5S. The molecule has 27 heavy (non-hydrogen) atoms. The molecule has 9 nitrogen and oxygen atoms in total. The summed E-state index contributed by atoms with van der Waals surface area (Å²) in [4.78, 5) is 12.2. The molecule has 1 aliphatic heterocycles. The number of nitrogen functional groups attached to an aromatic ring is 1. The summed E-state index contributed by atoms with van der Waals surface area (Å²) in [5, 5.41) is 9.20. The quantitative estimate of drug-likeness (QED) is 0.763. The van der Waals surface area contributed by atoms with Gasteiger partial charge in [0.25, 0.3) is 0 Å². The maximum atomic E-state index is 12.9. The standard InChI is InChI=1S/C17H18N4O5S/c1-25-17(22)16-15(19)12(10-18)11-21(16)13-3-2-4-14(9-13)27(23,24)20-5-7-26-8-6-20/h2-4,9,11H,5-8,19H2,1H3. The molecule has 0 atom stereocenters. The third-order valence-corrected chi connectivity index (χ3v) is 6.14. The van der Waals surface area contributed by atoms with Crippen molar-refractivity contribution in [3.8, 4) is 11.8 Å². The van der Waals surface area contributed by atoms with E-state index in [-0.39, 0.29) is 34.9 Å². The minimum atomic E-state index is -3.71. The fourth-order valence-corrected chi connectivity index (χ4v) is 4.30. The van der Waals surface area contributed by atoms with Gasteiger partial charge in [-0.1, -0.05) is 6.07 Å². The molecule has 0 saturated carbocycles. The number of benzene rings is 1. The predicted octanol–water partition coefficient (Wildman–Crippen LogP) is 0.739. The molecule has 1 fully saturated rings. The van der Waals surface area contributed by atoms with Gasteiger partial charge in [-0.25, -0.2) is 13.2 Å². The Morgan fingerprint density at radius 1 is 1.33 bits per heavy atom. The van der Waals surface area contributed by atoms with E-state index in [1.807, 2.05) is 6.07 Å². The molecule has 1 aromatic heterocycles. The molecule has 1 aliphatic rings.